The number of amides is 2. The first-order valence-electron chi connectivity index (χ1n) is 7.52. The highest BCUT2D eigenvalue weighted by Gasteiger charge is 2.21. The number of carbonyl (C=O) groups is 2. The highest BCUT2D eigenvalue weighted by molar-refractivity contribution is 5.78. The van der Waals surface area contributed by atoms with Crippen LogP contribution in [-0.2, 0) is 14.3 Å². The molecule has 0 aromatic rings. The monoisotopic (exact) mass is 283 g/mol. The fourth-order valence-corrected chi connectivity index (χ4v) is 2.72. The van der Waals surface area contributed by atoms with Gasteiger partial charge in [0, 0.05) is 33.1 Å². The zero-order valence-corrected chi connectivity index (χ0v) is 12.3. The average Bonchev–Trinajstić information content (AvgIpc) is 2.72. The van der Waals surface area contributed by atoms with E-state index in [1.807, 2.05) is 4.90 Å². The van der Waals surface area contributed by atoms with Crippen LogP contribution < -0.4 is 5.32 Å². The van der Waals surface area contributed by atoms with Crippen molar-refractivity contribution >= 4 is 11.8 Å². The van der Waals surface area contributed by atoms with Gasteiger partial charge in [0.05, 0.1) is 6.10 Å². The molecule has 1 N–H and O–H groups in total. The molecule has 0 aliphatic carbocycles. The second kappa shape index (κ2) is 7.59. The van der Waals surface area contributed by atoms with Gasteiger partial charge in [-0.25, -0.2) is 0 Å². The Morgan fingerprint density at radius 1 is 1.10 bits per heavy atom. The highest BCUT2D eigenvalue weighted by Crippen LogP contribution is 2.09. The van der Waals surface area contributed by atoms with Crippen molar-refractivity contribution in [3.8, 4) is 0 Å². The summed E-state index contributed by atoms with van der Waals surface area (Å²) in [5.41, 5.74) is 0. The van der Waals surface area contributed by atoms with E-state index >= 15 is 0 Å². The number of carbonyl (C=O) groups excluding carboxylic acids is 2. The molecule has 0 spiro atoms. The van der Waals surface area contributed by atoms with Gasteiger partial charge in [-0.2, -0.15) is 0 Å². The van der Waals surface area contributed by atoms with Crippen molar-refractivity contribution in [3.63, 3.8) is 0 Å². The number of hydrogen-bond acceptors (Lipinski definition) is 4. The number of nitrogens with zero attached hydrogens (tertiary/aromatic N) is 2. The molecule has 20 heavy (non-hydrogen) atoms. The number of hydrogen-bond donors (Lipinski definition) is 1. The zero-order chi connectivity index (χ0) is 14.4. The lowest BCUT2D eigenvalue weighted by atomic mass is 10.1. The van der Waals surface area contributed by atoms with E-state index in [1.165, 1.54) is 0 Å². The van der Waals surface area contributed by atoms with Crippen LogP contribution in [0.2, 0.25) is 0 Å². The van der Waals surface area contributed by atoms with Gasteiger partial charge in [0.25, 0.3) is 0 Å². The molecule has 2 amide bonds. The van der Waals surface area contributed by atoms with Crippen LogP contribution >= 0.6 is 0 Å². The molecule has 0 radical (unpaired) electrons. The van der Waals surface area contributed by atoms with E-state index in [0.29, 0.717) is 13.1 Å². The summed E-state index contributed by atoms with van der Waals surface area (Å²) in [5, 5.41) is 3.28. The molecule has 2 heterocycles. The van der Waals surface area contributed by atoms with Gasteiger partial charge in [-0.15, -0.1) is 0 Å². The van der Waals surface area contributed by atoms with Gasteiger partial charge in [0.15, 0.2) is 0 Å². The van der Waals surface area contributed by atoms with E-state index in [-0.39, 0.29) is 24.5 Å². The molecule has 0 saturated carbocycles. The molecule has 6 nitrogen and oxygen atoms in total. The van der Waals surface area contributed by atoms with Crippen LogP contribution in [0.3, 0.4) is 0 Å². The Balaban J connectivity index is 1.73. The minimum absolute atomic E-state index is 0.0499. The third kappa shape index (κ3) is 4.45. The van der Waals surface area contributed by atoms with Gasteiger partial charge >= 0.3 is 0 Å². The second-order valence-electron chi connectivity index (χ2n) is 5.50. The predicted molar refractivity (Wildman–Crippen MR) is 75.3 cm³/mol. The van der Waals surface area contributed by atoms with Crippen molar-refractivity contribution in [2.75, 3.05) is 45.9 Å². The average molecular weight is 283 g/mol. The quantitative estimate of drug-likeness (QED) is 0.781. The summed E-state index contributed by atoms with van der Waals surface area (Å²) < 4.78 is 5.70. The molecular formula is C14H25N3O3. The van der Waals surface area contributed by atoms with Crippen molar-refractivity contribution in [3.05, 3.63) is 0 Å². The van der Waals surface area contributed by atoms with E-state index < -0.39 is 0 Å². The molecule has 0 unspecified atom stereocenters. The summed E-state index contributed by atoms with van der Waals surface area (Å²) >= 11 is 0. The van der Waals surface area contributed by atoms with E-state index in [4.69, 9.17) is 4.74 Å². The van der Waals surface area contributed by atoms with Crippen molar-refractivity contribution in [2.24, 2.45) is 0 Å². The summed E-state index contributed by atoms with van der Waals surface area (Å²) in [6.45, 7) is 6.41. The number of nitrogens with one attached hydrogen (secondary N) is 1. The van der Waals surface area contributed by atoms with Crippen LogP contribution in [0.5, 0.6) is 0 Å². The van der Waals surface area contributed by atoms with Crippen molar-refractivity contribution in [1.29, 1.82) is 0 Å². The lowest BCUT2D eigenvalue weighted by Crippen LogP contribution is -2.40. The first-order valence-corrected chi connectivity index (χ1v) is 7.52. The highest BCUT2D eigenvalue weighted by atomic mass is 16.5. The first-order chi connectivity index (χ1) is 9.66. The second-order valence-corrected chi connectivity index (χ2v) is 5.50. The Kier molecular flexibility index (Phi) is 5.79. The van der Waals surface area contributed by atoms with E-state index in [2.05, 4.69) is 5.32 Å². The zero-order valence-electron chi connectivity index (χ0n) is 12.3. The standard InChI is InChI=1S/C14H25N3O3/c1-12(18)16-7-2-8-17(10-9-16)14(19)11-20-13-3-5-15-6-4-13/h13,15H,2-11H2,1H3. The lowest BCUT2D eigenvalue weighted by molar-refractivity contribution is -0.139. The van der Waals surface area contributed by atoms with Crippen molar-refractivity contribution in [1.82, 2.24) is 15.1 Å². The molecule has 0 bridgehead atoms. The summed E-state index contributed by atoms with van der Waals surface area (Å²) in [7, 11) is 0. The number of piperidine rings is 1. The first kappa shape index (κ1) is 15.3. The summed E-state index contributed by atoms with van der Waals surface area (Å²) in [5.74, 6) is 0.138. The van der Waals surface area contributed by atoms with Crippen LogP contribution in [0.25, 0.3) is 0 Å². The van der Waals surface area contributed by atoms with Gasteiger partial charge in [0.2, 0.25) is 11.8 Å². The predicted octanol–water partition coefficient (Wildman–Crippen LogP) is -0.164. The third-order valence-electron chi connectivity index (χ3n) is 4.02. The largest absolute Gasteiger partial charge is 0.368 e. The Bertz CT molecular complexity index is 343. The summed E-state index contributed by atoms with van der Waals surface area (Å²) in [6, 6.07) is 0. The molecule has 0 aromatic carbocycles. The van der Waals surface area contributed by atoms with E-state index in [9.17, 15) is 9.59 Å². The minimum Gasteiger partial charge on any atom is -0.368 e. The van der Waals surface area contributed by atoms with Crippen LogP contribution in [0.1, 0.15) is 26.2 Å². The Labute approximate surface area is 120 Å². The molecule has 2 aliphatic heterocycles. The van der Waals surface area contributed by atoms with E-state index in [1.54, 1.807) is 11.8 Å². The fraction of sp³-hybridized carbons (Fsp3) is 0.857. The molecule has 2 saturated heterocycles. The van der Waals surface area contributed by atoms with Crippen molar-refractivity contribution in [2.45, 2.75) is 32.3 Å². The van der Waals surface area contributed by atoms with Gasteiger partial charge in [0.1, 0.15) is 6.61 Å². The number of rotatable bonds is 3. The topological polar surface area (TPSA) is 61.9 Å². The van der Waals surface area contributed by atoms with Gasteiger partial charge < -0.3 is 19.9 Å². The molecule has 0 atom stereocenters. The number of ether oxygens (including phenoxy) is 1. The maximum atomic E-state index is 12.2. The fourth-order valence-electron chi connectivity index (χ4n) is 2.72. The maximum absolute atomic E-state index is 12.2. The molecule has 2 fully saturated rings. The van der Waals surface area contributed by atoms with Crippen LogP contribution in [0.4, 0.5) is 0 Å². The van der Waals surface area contributed by atoms with Crippen molar-refractivity contribution < 1.29 is 14.3 Å². The van der Waals surface area contributed by atoms with Gasteiger partial charge in [-0.3, -0.25) is 9.59 Å². The summed E-state index contributed by atoms with van der Waals surface area (Å²) in [4.78, 5) is 27.1. The van der Waals surface area contributed by atoms with E-state index in [0.717, 1.165) is 45.4 Å². The minimum atomic E-state index is 0.0499. The molecule has 0 aromatic heterocycles. The van der Waals surface area contributed by atoms with Gasteiger partial charge in [-0.05, 0) is 32.4 Å². The summed E-state index contributed by atoms with van der Waals surface area (Å²) in [6.07, 6.45) is 3.01. The lowest BCUT2D eigenvalue weighted by Gasteiger charge is -2.25. The molecule has 114 valence electrons. The Hall–Kier alpha value is -1.14. The smallest absolute Gasteiger partial charge is 0.248 e. The molecule has 6 heteroatoms. The molecule has 2 aliphatic rings. The normalized spacial score (nSPS) is 21.6. The van der Waals surface area contributed by atoms with Gasteiger partial charge in [-0.1, -0.05) is 0 Å². The van der Waals surface area contributed by atoms with Crippen LogP contribution in [-0.4, -0.2) is 73.6 Å². The molecule has 2 rings (SSSR count). The Morgan fingerprint density at radius 3 is 2.45 bits per heavy atom. The third-order valence-corrected chi connectivity index (χ3v) is 4.02. The SMILES string of the molecule is CC(=O)N1CCCN(C(=O)COC2CCNCC2)CC1. The molecular weight excluding hydrogens is 258 g/mol. The van der Waals surface area contributed by atoms with Crippen LogP contribution in [0.15, 0.2) is 0 Å². The maximum Gasteiger partial charge on any atom is 0.248 e. The Morgan fingerprint density at radius 2 is 1.75 bits per heavy atom. The van der Waals surface area contributed by atoms with Crippen LogP contribution in [0, 0.1) is 0 Å².